The number of halogens is 8. The number of aryl methyl sites for hydroxylation is 1. The van der Waals surface area contributed by atoms with Crippen LogP contribution in [0.1, 0.15) is 56.2 Å². The van der Waals surface area contributed by atoms with E-state index in [4.69, 9.17) is 0 Å². The smallest absolute Gasteiger partial charge is 0.389 e. The second-order valence-electron chi connectivity index (χ2n) is 12.7. The summed E-state index contributed by atoms with van der Waals surface area (Å²) in [5.41, 5.74) is -9.24. The predicted molar refractivity (Wildman–Crippen MR) is 149 cm³/mol. The number of sulfone groups is 1. The largest absolute Gasteiger partial charge is 0.435 e. The highest BCUT2D eigenvalue weighted by atomic mass is 32.2. The monoisotopic (exact) mass is 697 g/mol. The van der Waals surface area contributed by atoms with Crippen molar-refractivity contribution in [3.05, 3.63) is 65.0 Å². The molecule has 1 saturated heterocycles. The second kappa shape index (κ2) is 11.3. The Morgan fingerprint density at radius 1 is 0.979 bits per heavy atom. The lowest BCUT2D eigenvalue weighted by Gasteiger charge is -2.43. The third-order valence-corrected chi connectivity index (χ3v) is 11.8. The standard InChI is InChI=1S/C30H31F8N3O5S/c1-26(2,44)16-41-24(42)12-14-40(41)25(43)39-23-11-13-27(47(45,46)20-7-5-19(31)6-8-20)21-10-4-18(15-17(21)3-9-22(23)27)28(32,29(33,34)35)30(36,37)38/h4-8,10,15,22-23,44H,3,9,11-14,16H2,1-2H3,(H,39,43)/t22-,23+,27+/m0/s1. The van der Waals surface area contributed by atoms with Gasteiger partial charge in [0.2, 0.25) is 5.91 Å². The molecular weight excluding hydrogens is 666 g/mol. The van der Waals surface area contributed by atoms with Gasteiger partial charge in [-0.3, -0.25) is 4.79 Å². The molecule has 2 aliphatic carbocycles. The van der Waals surface area contributed by atoms with Crippen LogP contribution in [0.2, 0.25) is 0 Å². The van der Waals surface area contributed by atoms with Gasteiger partial charge in [0.05, 0.1) is 23.6 Å². The van der Waals surface area contributed by atoms with Gasteiger partial charge in [0, 0.05) is 23.9 Å². The van der Waals surface area contributed by atoms with Gasteiger partial charge in [-0.2, -0.15) is 26.3 Å². The van der Waals surface area contributed by atoms with Crippen molar-refractivity contribution >= 4 is 21.8 Å². The van der Waals surface area contributed by atoms with Gasteiger partial charge in [-0.25, -0.2) is 32.0 Å². The van der Waals surface area contributed by atoms with Gasteiger partial charge in [0.15, 0.2) is 9.84 Å². The van der Waals surface area contributed by atoms with Crippen molar-refractivity contribution in [3.63, 3.8) is 0 Å². The molecule has 258 valence electrons. The van der Waals surface area contributed by atoms with Crippen LogP contribution in [0.15, 0.2) is 47.4 Å². The summed E-state index contributed by atoms with van der Waals surface area (Å²) in [5.74, 6) is -2.19. The van der Waals surface area contributed by atoms with Crippen molar-refractivity contribution in [1.82, 2.24) is 15.3 Å². The molecule has 3 amide bonds. The zero-order valence-electron chi connectivity index (χ0n) is 25.1. The summed E-state index contributed by atoms with van der Waals surface area (Å²) in [6.07, 6.45) is -13.5. The number of benzene rings is 2. The van der Waals surface area contributed by atoms with Crippen LogP contribution < -0.4 is 5.32 Å². The van der Waals surface area contributed by atoms with E-state index >= 15 is 4.39 Å². The maximum Gasteiger partial charge on any atom is 0.435 e. The maximum atomic E-state index is 15.0. The summed E-state index contributed by atoms with van der Waals surface area (Å²) in [6, 6.07) is 3.47. The van der Waals surface area contributed by atoms with E-state index in [-0.39, 0.29) is 67.3 Å². The number of alkyl halides is 7. The third-order valence-electron chi connectivity index (χ3n) is 9.18. The average molecular weight is 698 g/mol. The van der Waals surface area contributed by atoms with Crippen LogP contribution in [0.25, 0.3) is 0 Å². The lowest BCUT2D eigenvalue weighted by atomic mass is 9.74. The minimum atomic E-state index is -6.38. The molecule has 0 spiro atoms. The lowest BCUT2D eigenvalue weighted by Crippen LogP contribution is -2.56. The van der Waals surface area contributed by atoms with Crippen molar-refractivity contribution in [1.29, 1.82) is 0 Å². The first-order chi connectivity index (χ1) is 21.5. The second-order valence-corrected chi connectivity index (χ2v) is 15.0. The SMILES string of the molecule is CC(C)(O)CN1C(=O)CCN1C(=O)N[C@@H]1CC[C@@]2(S(=O)(=O)c3ccc(F)cc3)c3ccc(C(F)(C(F)(F)F)C(F)(F)F)cc3CC[C@@H]12. The van der Waals surface area contributed by atoms with E-state index < -0.39 is 73.5 Å². The molecule has 2 N–H and O–H groups in total. The highest BCUT2D eigenvalue weighted by molar-refractivity contribution is 7.92. The summed E-state index contributed by atoms with van der Waals surface area (Å²) >= 11 is 0. The number of fused-ring (bicyclic) bond motifs is 3. The number of rotatable bonds is 6. The Morgan fingerprint density at radius 2 is 1.60 bits per heavy atom. The van der Waals surface area contributed by atoms with E-state index in [0.717, 1.165) is 40.3 Å². The van der Waals surface area contributed by atoms with Crippen LogP contribution in [0.5, 0.6) is 0 Å². The molecule has 0 aromatic heterocycles. The van der Waals surface area contributed by atoms with Gasteiger partial charge in [0.1, 0.15) is 10.6 Å². The van der Waals surface area contributed by atoms with Crippen molar-refractivity contribution in [3.8, 4) is 0 Å². The Kier molecular flexibility index (Phi) is 8.39. The maximum absolute atomic E-state index is 15.0. The van der Waals surface area contributed by atoms with Crippen molar-refractivity contribution in [2.45, 2.75) is 85.3 Å². The number of hydrogen-bond donors (Lipinski definition) is 2. The first kappa shape index (κ1) is 34.9. The molecule has 3 aliphatic rings. The van der Waals surface area contributed by atoms with E-state index in [1.165, 1.54) is 13.8 Å². The Balaban J connectivity index is 1.59. The molecule has 0 radical (unpaired) electrons. The third kappa shape index (κ3) is 5.62. The van der Waals surface area contributed by atoms with Crippen LogP contribution >= 0.6 is 0 Å². The van der Waals surface area contributed by atoms with Crippen molar-refractivity contribution in [2.24, 2.45) is 5.92 Å². The quantitative estimate of drug-likeness (QED) is 0.309. The average Bonchev–Trinajstić information content (AvgIpc) is 3.51. The van der Waals surface area contributed by atoms with Gasteiger partial charge >= 0.3 is 24.1 Å². The van der Waals surface area contributed by atoms with Gasteiger partial charge in [-0.1, -0.05) is 18.2 Å². The molecule has 3 atom stereocenters. The van der Waals surface area contributed by atoms with Crippen LogP contribution in [-0.2, 0) is 31.5 Å². The molecule has 0 bridgehead atoms. The minimum absolute atomic E-state index is 0.0105. The Labute approximate surface area is 264 Å². The molecule has 8 nitrogen and oxygen atoms in total. The van der Waals surface area contributed by atoms with Crippen LogP contribution in [0.4, 0.5) is 39.9 Å². The molecule has 47 heavy (non-hydrogen) atoms. The van der Waals surface area contributed by atoms with E-state index in [0.29, 0.717) is 6.07 Å². The number of nitrogens with one attached hydrogen (secondary N) is 1. The number of β-amino-alcohol motifs (C(OH)–C–C–N with tert-alkyl or cyclic N) is 1. The number of nitrogens with zero attached hydrogens (tertiary/aromatic N) is 2. The highest BCUT2D eigenvalue weighted by Gasteiger charge is 2.74. The van der Waals surface area contributed by atoms with Gasteiger partial charge in [-0.05, 0) is 74.9 Å². The molecule has 1 heterocycles. The lowest BCUT2D eigenvalue weighted by molar-refractivity contribution is -0.348. The molecule has 2 aromatic rings. The molecule has 5 rings (SSSR count). The summed E-state index contributed by atoms with van der Waals surface area (Å²) in [5, 5.41) is 15.1. The van der Waals surface area contributed by atoms with Crippen LogP contribution in [0.3, 0.4) is 0 Å². The first-order valence-electron chi connectivity index (χ1n) is 14.6. The number of urea groups is 1. The number of carbonyl (C=O) groups is 2. The summed E-state index contributed by atoms with van der Waals surface area (Å²) in [6.45, 7) is 2.60. The zero-order chi connectivity index (χ0) is 35.0. The molecule has 2 aromatic carbocycles. The zero-order valence-corrected chi connectivity index (χ0v) is 25.9. The Morgan fingerprint density at radius 3 is 2.17 bits per heavy atom. The number of hydrogen-bond acceptors (Lipinski definition) is 5. The molecule has 0 unspecified atom stereocenters. The molecule has 17 heteroatoms. The highest BCUT2D eigenvalue weighted by Crippen LogP contribution is 2.59. The van der Waals surface area contributed by atoms with Gasteiger partial charge < -0.3 is 10.4 Å². The minimum Gasteiger partial charge on any atom is -0.389 e. The number of hydrazine groups is 1. The molecular formula is C30H31F8N3O5S. The van der Waals surface area contributed by atoms with Gasteiger partial charge in [0.25, 0.3) is 0 Å². The molecule has 2 fully saturated rings. The van der Waals surface area contributed by atoms with E-state index in [1.807, 2.05) is 0 Å². The summed E-state index contributed by atoms with van der Waals surface area (Å²) in [7, 11) is -4.59. The predicted octanol–water partition coefficient (Wildman–Crippen LogP) is 5.44. The van der Waals surface area contributed by atoms with Gasteiger partial charge in [-0.15, -0.1) is 0 Å². The molecule has 1 aliphatic heterocycles. The molecule has 1 saturated carbocycles. The normalized spacial score (nSPS) is 23.9. The van der Waals surface area contributed by atoms with E-state index in [1.54, 1.807) is 0 Å². The summed E-state index contributed by atoms with van der Waals surface area (Å²) < 4.78 is 137. The Hall–Kier alpha value is -3.47. The van der Waals surface area contributed by atoms with E-state index in [2.05, 4.69) is 5.32 Å². The van der Waals surface area contributed by atoms with Crippen molar-refractivity contribution < 1.29 is 58.2 Å². The number of carbonyl (C=O) groups excluding carboxylic acids is 2. The summed E-state index contributed by atoms with van der Waals surface area (Å²) in [4.78, 5) is 25.6. The van der Waals surface area contributed by atoms with Crippen LogP contribution in [-0.4, -0.2) is 72.6 Å². The van der Waals surface area contributed by atoms with Crippen molar-refractivity contribution in [2.75, 3.05) is 13.1 Å². The first-order valence-corrected chi connectivity index (χ1v) is 16.1. The van der Waals surface area contributed by atoms with Crippen LogP contribution in [0, 0.1) is 11.7 Å². The van der Waals surface area contributed by atoms with E-state index in [9.17, 15) is 53.8 Å². The fraction of sp³-hybridized carbons (Fsp3) is 0.533. The number of amides is 3. The topological polar surface area (TPSA) is 107 Å². The fourth-order valence-electron chi connectivity index (χ4n) is 7.12. The number of aliphatic hydroxyl groups is 1. The Bertz CT molecular complexity index is 1660. The fourth-order valence-corrected chi connectivity index (χ4v) is 9.59.